The number of nitrogens with zero attached hydrogens (tertiary/aromatic N) is 5. The van der Waals surface area contributed by atoms with Gasteiger partial charge in [0.2, 0.25) is 11.8 Å². The Bertz CT molecular complexity index is 2030. The number of aryl methyl sites for hydroxylation is 1. The van der Waals surface area contributed by atoms with E-state index in [2.05, 4.69) is 25.7 Å². The van der Waals surface area contributed by atoms with Gasteiger partial charge in [0, 0.05) is 43.1 Å². The summed E-state index contributed by atoms with van der Waals surface area (Å²) in [6, 6.07) is 24.2. The van der Waals surface area contributed by atoms with Crippen molar-refractivity contribution < 1.29 is 17.9 Å². The molecule has 0 saturated heterocycles. The summed E-state index contributed by atoms with van der Waals surface area (Å²) in [7, 11) is -1.72. The lowest BCUT2D eigenvalue weighted by atomic mass is 9.90. The highest BCUT2D eigenvalue weighted by molar-refractivity contribution is 7.92. The molecule has 0 unspecified atom stereocenters. The number of ether oxygens (including phenoxy) is 1. The molecule has 6 rings (SSSR count). The van der Waals surface area contributed by atoms with Crippen molar-refractivity contribution in [1.82, 2.24) is 25.1 Å². The molecule has 1 aliphatic rings. The number of anilines is 2. The fourth-order valence-electron chi connectivity index (χ4n) is 6.02. The Kier molecular flexibility index (Phi) is 10.7. The molecule has 1 saturated carbocycles. The molecular formula is C37H40ClN7O4S. The molecule has 2 amide bonds. The van der Waals surface area contributed by atoms with Crippen LogP contribution in [-0.4, -0.2) is 51.5 Å². The van der Waals surface area contributed by atoms with Gasteiger partial charge in [-0.3, -0.25) is 9.58 Å². The number of aromatic nitrogens is 4. The highest BCUT2D eigenvalue weighted by atomic mass is 35.5. The lowest BCUT2D eigenvalue weighted by Gasteiger charge is -2.37. The maximum atomic E-state index is 13.8. The first-order chi connectivity index (χ1) is 24.1. The SMILES string of the molecule is CC(C)S(=O)(=O)c1ccccc1Oc1nc(N[C@H]2CC[C@H](N(C(=O)NCc3ccccc3)c3ccc(-c4cnn(C)c4)cc3)CC2)ncc1Cl. The highest BCUT2D eigenvalue weighted by Gasteiger charge is 2.31. The number of urea groups is 1. The van der Waals surface area contributed by atoms with Crippen molar-refractivity contribution in [3.05, 3.63) is 108 Å². The molecule has 2 heterocycles. The van der Waals surface area contributed by atoms with Crippen LogP contribution in [-0.2, 0) is 23.4 Å². The molecule has 0 aliphatic heterocycles. The molecule has 13 heteroatoms. The van der Waals surface area contributed by atoms with Gasteiger partial charge in [-0.25, -0.2) is 18.2 Å². The summed E-state index contributed by atoms with van der Waals surface area (Å²) >= 11 is 6.40. The van der Waals surface area contributed by atoms with Crippen molar-refractivity contribution in [2.45, 2.75) is 68.3 Å². The van der Waals surface area contributed by atoms with Gasteiger partial charge >= 0.3 is 6.03 Å². The number of halogens is 1. The Labute approximate surface area is 297 Å². The normalized spacial score (nSPS) is 16.2. The summed E-state index contributed by atoms with van der Waals surface area (Å²) in [5.74, 6) is 0.521. The van der Waals surface area contributed by atoms with Crippen molar-refractivity contribution in [2.24, 2.45) is 7.05 Å². The molecule has 1 aliphatic carbocycles. The number of rotatable bonds is 11. The number of nitrogens with one attached hydrogen (secondary N) is 2. The van der Waals surface area contributed by atoms with Crippen molar-refractivity contribution >= 4 is 39.1 Å². The summed E-state index contributed by atoms with van der Waals surface area (Å²) < 4.78 is 33.6. The third-order valence-electron chi connectivity index (χ3n) is 8.78. The summed E-state index contributed by atoms with van der Waals surface area (Å²) in [5.41, 5.74) is 3.88. The van der Waals surface area contributed by atoms with Crippen molar-refractivity contribution in [2.75, 3.05) is 10.2 Å². The second-order valence-corrected chi connectivity index (χ2v) is 15.5. The lowest BCUT2D eigenvalue weighted by Crippen LogP contribution is -2.48. The molecule has 11 nitrogen and oxygen atoms in total. The monoisotopic (exact) mass is 713 g/mol. The Hall–Kier alpha value is -4.94. The van der Waals surface area contributed by atoms with Gasteiger partial charge in [0.15, 0.2) is 9.84 Å². The van der Waals surface area contributed by atoms with E-state index in [1.165, 1.54) is 12.3 Å². The maximum absolute atomic E-state index is 13.8. The average Bonchev–Trinajstić information content (AvgIpc) is 3.56. The smallest absolute Gasteiger partial charge is 0.322 e. The molecule has 0 atom stereocenters. The minimum atomic E-state index is -3.61. The number of hydrogen-bond donors (Lipinski definition) is 2. The zero-order valence-electron chi connectivity index (χ0n) is 28.2. The molecule has 0 radical (unpaired) electrons. The van der Waals surface area contributed by atoms with Gasteiger partial charge in [-0.15, -0.1) is 0 Å². The molecule has 50 heavy (non-hydrogen) atoms. The zero-order valence-corrected chi connectivity index (χ0v) is 29.7. The van der Waals surface area contributed by atoms with Gasteiger partial charge < -0.3 is 15.4 Å². The van der Waals surface area contributed by atoms with Crippen LogP contribution in [0.1, 0.15) is 45.1 Å². The van der Waals surface area contributed by atoms with E-state index in [4.69, 9.17) is 16.3 Å². The van der Waals surface area contributed by atoms with Crippen LogP contribution >= 0.6 is 11.6 Å². The number of para-hydroxylation sites is 1. The topological polar surface area (TPSA) is 131 Å². The molecule has 3 aromatic carbocycles. The zero-order chi connectivity index (χ0) is 35.3. The number of carbonyl (C=O) groups excluding carboxylic acids is 1. The van der Waals surface area contributed by atoms with Crippen molar-refractivity contribution in [3.63, 3.8) is 0 Å². The van der Waals surface area contributed by atoms with E-state index in [0.29, 0.717) is 12.5 Å². The standard InChI is InChI=1S/C37H40ClN7O4S/c1-25(2)50(47,48)34-12-8-7-11-33(34)49-35-32(38)23-39-36(43-35)42-29-15-19-31(20-16-29)45(37(46)40-21-26-9-5-4-6-10-26)30-17-13-27(14-18-30)28-22-41-44(3)24-28/h4-14,17-18,22-25,29,31H,15-16,19-21H2,1-3H3,(H,40,46)(H,39,42,43)/t29-,31-. The first-order valence-electron chi connectivity index (χ1n) is 16.6. The number of hydrogen-bond acceptors (Lipinski definition) is 8. The van der Waals surface area contributed by atoms with E-state index in [-0.39, 0.29) is 39.7 Å². The Morgan fingerprint density at radius 1 is 0.960 bits per heavy atom. The molecule has 0 spiro atoms. The summed E-state index contributed by atoms with van der Waals surface area (Å²) in [6.07, 6.45) is 8.24. The third-order valence-corrected chi connectivity index (χ3v) is 11.2. The first-order valence-corrected chi connectivity index (χ1v) is 18.5. The molecule has 260 valence electrons. The molecule has 2 N–H and O–H groups in total. The van der Waals surface area contributed by atoms with Gasteiger partial charge in [-0.2, -0.15) is 10.1 Å². The van der Waals surface area contributed by atoms with Crippen molar-refractivity contribution in [3.8, 4) is 22.8 Å². The summed E-state index contributed by atoms with van der Waals surface area (Å²) in [4.78, 5) is 24.6. The quantitative estimate of drug-likeness (QED) is 0.143. The van der Waals surface area contributed by atoms with Gasteiger partial charge in [0.25, 0.3) is 0 Å². The van der Waals surface area contributed by atoms with E-state index >= 15 is 0 Å². The molecular weight excluding hydrogens is 674 g/mol. The average molecular weight is 714 g/mol. The molecule has 1 fully saturated rings. The van der Waals surface area contributed by atoms with E-state index in [1.54, 1.807) is 36.7 Å². The Morgan fingerprint density at radius 2 is 1.66 bits per heavy atom. The lowest BCUT2D eigenvalue weighted by molar-refractivity contribution is 0.240. The van der Waals surface area contributed by atoms with Crippen LogP contribution in [0.3, 0.4) is 0 Å². The van der Waals surface area contributed by atoms with E-state index < -0.39 is 15.1 Å². The van der Waals surface area contributed by atoms with Crippen LogP contribution in [0.25, 0.3) is 11.1 Å². The Morgan fingerprint density at radius 3 is 2.34 bits per heavy atom. The van der Waals surface area contributed by atoms with Crippen LogP contribution < -0.4 is 20.3 Å². The van der Waals surface area contributed by atoms with Crippen LogP contribution in [0.4, 0.5) is 16.4 Å². The van der Waals surface area contributed by atoms with Crippen molar-refractivity contribution in [1.29, 1.82) is 0 Å². The van der Waals surface area contributed by atoms with E-state index in [0.717, 1.165) is 48.1 Å². The van der Waals surface area contributed by atoms with E-state index in [1.807, 2.05) is 78.9 Å². The van der Waals surface area contributed by atoms with Gasteiger partial charge in [-0.1, -0.05) is 66.2 Å². The summed E-state index contributed by atoms with van der Waals surface area (Å²) in [5, 5.41) is 10.3. The fourth-order valence-corrected chi connectivity index (χ4v) is 7.31. The predicted molar refractivity (Wildman–Crippen MR) is 195 cm³/mol. The fraction of sp³-hybridized carbons (Fsp3) is 0.297. The summed E-state index contributed by atoms with van der Waals surface area (Å²) in [6.45, 7) is 3.67. The van der Waals surface area contributed by atoms with Gasteiger partial charge in [0.05, 0.1) is 17.6 Å². The maximum Gasteiger partial charge on any atom is 0.322 e. The van der Waals surface area contributed by atoms with Crippen LogP contribution in [0, 0.1) is 0 Å². The van der Waals surface area contributed by atoms with Crippen LogP contribution in [0.5, 0.6) is 11.6 Å². The van der Waals surface area contributed by atoms with Crippen LogP contribution in [0.15, 0.2) is 102 Å². The minimum Gasteiger partial charge on any atom is -0.436 e. The first kappa shape index (κ1) is 34.9. The van der Waals surface area contributed by atoms with Gasteiger partial charge in [0.1, 0.15) is 15.7 Å². The second kappa shape index (κ2) is 15.3. The van der Waals surface area contributed by atoms with E-state index in [9.17, 15) is 13.2 Å². The molecule has 0 bridgehead atoms. The second-order valence-electron chi connectivity index (χ2n) is 12.6. The third kappa shape index (κ3) is 8.09. The predicted octanol–water partition coefficient (Wildman–Crippen LogP) is 7.64. The molecule has 5 aromatic rings. The highest BCUT2D eigenvalue weighted by Crippen LogP contribution is 2.35. The van der Waals surface area contributed by atoms with Crippen LogP contribution in [0.2, 0.25) is 5.02 Å². The minimum absolute atomic E-state index is 0.0301. The number of sulfone groups is 1. The Balaban J connectivity index is 1.15. The number of carbonyl (C=O) groups is 1. The van der Waals surface area contributed by atoms with Gasteiger partial charge in [-0.05, 0) is 74.9 Å². The number of benzene rings is 3. The number of amides is 2. The largest absolute Gasteiger partial charge is 0.436 e. The molecule has 2 aromatic heterocycles.